The summed E-state index contributed by atoms with van der Waals surface area (Å²) in [7, 11) is 3.32. The van der Waals surface area contributed by atoms with Gasteiger partial charge in [0.15, 0.2) is 11.5 Å². The fraction of sp³-hybridized carbons (Fsp3) is 0.342. The summed E-state index contributed by atoms with van der Waals surface area (Å²) in [6.45, 7) is 3.51. The summed E-state index contributed by atoms with van der Waals surface area (Å²) in [5.74, 6) is -0.500. The number of pyridine rings is 1. The standard InChI is InChI=1S/C38H35F3N12O2/c1-20-44-30-11-23(40)9-26-29-5-4-6-33(46-29)45-24-12-32(37(54)49(2)18-25(55-3)19-51(20)34(26)30)52(17-24)35-27-14-43-53(31-8-7-22(39)10-28(31)41)36(27)48-38(47-35)50-15-21(13-42)16-50/h4-11,14,21,24-25,32H,12,15-19H2,1-3H3,(H,45,46)/t24-,25-,32-/m0/s1. The molecule has 0 saturated carbocycles. The molecule has 2 aromatic carbocycles. The zero-order valence-corrected chi connectivity index (χ0v) is 30.1. The summed E-state index contributed by atoms with van der Waals surface area (Å²) in [5, 5.41) is 17.9. The van der Waals surface area contributed by atoms with E-state index in [4.69, 9.17) is 19.7 Å². The molecule has 0 radical (unpaired) electrons. The molecule has 3 aliphatic rings. The lowest BCUT2D eigenvalue weighted by molar-refractivity contribution is -0.132. The molecule has 0 aliphatic carbocycles. The van der Waals surface area contributed by atoms with Gasteiger partial charge in [0.2, 0.25) is 11.9 Å². The molecule has 2 saturated heterocycles. The van der Waals surface area contributed by atoms with Gasteiger partial charge in [-0.15, -0.1) is 0 Å². The van der Waals surface area contributed by atoms with E-state index < -0.39 is 29.6 Å². The van der Waals surface area contributed by atoms with E-state index in [-0.39, 0.29) is 41.7 Å². The lowest BCUT2D eigenvalue weighted by Crippen LogP contribution is -2.48. The number of rotatable bonds is 4. The lowest BCUT2D eigenvalue weighted by Gasteiger charge is -2.36. The topological polar surface area (TPSA) is 146 Å². The number of aromatic nitrogens is 7. The van der Waals surface area contributed by atoms with Gasteiger partial charge in [0.05, 0.1) is 52.9 Å². The summed E-state index contributed by atoms with van der Waals surface area (Å²) in [5.41, 5.74) is 2.58. The van der Waals surface area contributed by atoms with Crippen molar-refractivity contribution in [1.29, 1.82) is 5.26 Å². The Balaban J connectivity index is 1.17. The number of nitriles is 1. The number of benzene rings is 2. The molecular weight excluding hydrogens is 713 g/mol. The average molecular weight is 749 g/mol. The van der Waals surface area contributed by atoms with Crippen LogP contribution < -0.4 is 15.1 Å². The number of halogens is 3. The summed E-state index contributed by atoms with van der Waals surface area (Å²) in [6.07, 6.45) is 1.42. The second kappa shape index (κ2) is 13.2. The van der Waals surface area contributed by atoms with Crippen molar-refractivity contribution in [1.82, 2.24) is 39.2 Å². The van der Waals surface area contributed by atoms with E-state index in [1.807, 2.05) is 39.5 Å². The second-order valence-electron chi connectivity index (χ2n) is 14.3. The van der Waals surface area contributed by atoms with Crippen molar-refractivity contribution >= 4 is 45.6 Å². The van der Waals surface area contributed by atoms with Gasteiger partial charge >= 0.3 is 0 Å². The Labute approximate surface area is 312 Å². The highest BCUT2D eigenvalue weighted by Crippen LogP contribution is 2.37. The maximum absolute atomic E-state index is 15.2. The van der Waals surface area contributed by atoms with Gasteiger partial charge in [0.1, 0.15) is 40.8 Å². The third kappa shape index (κ3) is 5.93. The van der Waals surface area contributed by atoms with Crippen LogP contribution in [0.4, 0.5) is 30.8 Å². The van der Waals surface area contributed by atoms with Gasteiger partial charge in [-0.3, -0.25) is 4.79 Å². The molecule has 3 atom stereocenters. The van der Waals surface area contributed by atoms with E-state index >= 15 is 8.78 Å². The van der Waals surface area contributed by atoms with Crippen LogP contribution in [0.15, 0.2) is 54.7 Å². The highest BCUT2D eigenvalue weighted by molar-refractivity contribution is 5.94. The van der Waals surface area contributed by atoms with Crippen molar-refractivity contribution in [2.45, 2.75) is 38.1 Å². The SMILES string of the molecule is CO[C@H]1CN(C)C(=O)[C@@H]2C[C@@H](CN2c2nc(N3CC(C#N)C3)nc3c2cnn3-c2ccc(F)cc2F)Nc2cccc(n2)-c2cc(F)cc3nc(C)n(c23)C1. The van der Waals surface area contributed by atoms with E-state index in [1.54, 1.807) is 19.1 Å². The number of likely N-dealkylation sites (N-methyl/N-ethyl adjacent to an activating group) is 1. The molecule has 2 fully saturated rings. The number of carbonyl (C=O) groups is 1. The smallest absolute Gasteiger partial charge is 0.245 e. The molecule has 0 spiro atoms. The second-order valence-corrected chi connectivity index (χ2v) is 14.3. The fourth-order valence-electron chi connectivity index (χ4n) is 7.91. The van der Waals surface area contributed by atoms with Crippen LogP contribution >= 0.6 is 0 Å². The molecule has 9 rings (SSSR count). The lowest BCUT2D eigenvalue weighted by atomic mass is 10.0. The first-order valence-corrected chi connectivity index (χ1v) is 17.9. The number of fused-ring (bicyclic) bond motifs is 6. The normalized spacial score (nSPS) is 20.3. The molecule has 0 unspecified atom stereocenters. The van der Waals surface area contributed by atoms with Crippen LogP contribution in [0.3, 0.4) is 0 Å². The molecule has 7 heterocycles. The largest absolute Gasteiger partial charge is 0.378 e. The van der Waals surface area contributed by atoms with Crippen LogP contribution in [-0.2, 0) is 16.1 Å². The number of methoxy groups -OCH3 is 1. The molecule has 1 N–H and O–H groups in total. The van der Waals surface area contributed by atoms with E-state index in [1.165, 1.54) is 29.1 Å². The molecule has 14 nitrogen and oxygen atoms in total. The predicted molar refractivity (Wildman–Crippen MR) is 197 cm³/mol. The molecule has 17 heteroatoms. The summed E-state index contributed by atoms with van der Waals surface area (Å²) in [4.78, 5) is 39.4. The summed E-state index contributed by atoms with van der Waals surface area (Å²) < 4.78 is 53.4. The summed E-state index contributed by atoms with van der Waals surface area (Å²) >= 11 is 0. The van der Waals surface area contributed by atoms with Crippen molar-refractivity contribution in [2.24, 2.45) is 5.92 Å². The van der Waals surface area contributed by atoms with Crippen molar-refractivity contribution < 1.29 is 22.7 Å². The monoisotopic (exact) mass is 748 g/mol. The minimum Gasteiger partial charge on any atom is -0.378 e. The number of nitrogens with zero attached hydrogens (tertiary/aromatic N) is 11. The van der Waals surface area contributed by atoms with Crippen molar-refractivity contribution in [2.75, 3.05) is 55.5 Å². The minimum atomic E-state index is -0.826. The highest BCUT2D eigenvalue weighted by atomic mass is 19.1. The molecule has 4 aromatic heterocycles. The number of aryl methyl sites for hydroxylation is 1. The van der Waals surface area contributed by atoms with Crippen molar-refractivity contribution in [3.05, 3.63) is 78.0 Å². The van der Waals surface area contributed by atoms with Crippen LogP contribution in [0.5, 0.6) is 0 Å². The van der Waals surface area contributed by atoms with Gasteiger partial charge < -0.3 is 29.3 Å². The Morgan fingerprint density at radius 3 is 2.58 bits per heavy atom. The van der Waals surface area contributed by atoms with Gasteiger partial charge in [-0.1, -0.05) is 6.07 Å². The number of hydrogen-bond acceptors (Lipinski definition) is 11. The van der Waals surface area contributed by atoms with Gasteiger partial charge in [-0.05, 0) is 43.7 Å². The fourth-order valence-corrected chi connectivity index (χ4v) is 7.91. The van der Waals surface area contributed by atoms with Crippen molar-refractivity contribution in [3.63, 3.8) is 0 Å². The minimum absolute atomic E-state index is 0.0105. The maximum Gasteiger partial charge on any atom is 0.245 e. The molecule has 3 aliphatic heterocycles. The van der Waals surface area contributed by atoms with Crippen LogP contribution in [0.2, 0.25) is 0 Å². The molecule has 6 aromatic rings. The van der Waals surface area contributed by atoms with Gasteiger partial charge in [0, 0.05) is 64.1 Å². The number of carbonyl (C=O) groups excluding carboxylic acids is 1. The number of amides is 1. The Morgan fingerprint density at radius 1 is 0.964 bits per heavy atom. The van der Waals surface area contributed by atoms with E-state index in [0.29, 0.717) is 72.2 Å². The first-order chi connectivity index (χ1) is 26.6. The molecule has 1 amide bonds. The summed E-state index contributed by atoms with van der Waals surface area (Å²) in [6, 6.07) is 12.8. The first kappa shape index (κ1) is 34.5. The van der Waals surface area contributed by atoms with Crippen LogP contribution in [0.1, 0.15) is 12.2 Å². The quantitative estimate of drug-likeness (QED) is 0.273. The van der Waals surface area contributed by atoms with Gasteiger partial charge in [-0.2, -0.15) is 20.3 Å². The predicted octanol–water partition coefficient (Wildman–Crippen LogP) is 4.46. The number of hydrogen-bond donors (Lipinski definition) is 1. The number of nitrogens with one attached hydrogen (secondary N) is 1. The Morgan fingerprint density at radius 2 is 1.80 bits per heavy atom. The van der Waals surface area contributed by atoms with Crippen LogP contribution in [0.25, 0.3) is 39.0 Å². The third-order valence-corrected chi connectivity index (χ3v) is 10.7. The van der Waals surface area contributed by atoms with E-state index in [9.17, 15) is 14.4 Å². The zero-order chi connectivity index (χ0) is 38.1. The van der Waals surface area contributed by atoms with Crippen molar-refractivity contribution in [3.8, 4) is 23.0 Å². The maximum atomic E-state index is 15.2. The van der Waals surface area contributed by atoms with Crippen LogP contribution in [-0.4, -0.2) is 104 Å². The van der Waals surface area contributed by atoms with E-state index in [2.05, 4.69) is 21.5 Å². The number of anilines is 3. The third-order valence-electron chi connectivity index (χ3n) is 10.7. The van der Waals surface area contributed by atoms with Crippen LogP contribution in [0, 0.1) is 41.6 Å². The Kier molecular flexibility index (Phi) is 8.30. The Hall–Kier alpha value is -6.28. The van der Waals surface area contributed by atoms with Gasteiger partial charge in [-0.25, -0.2) is 27.8 Å². The van der Waals surface area contributed by atoms with Gasteiger partial charge in [0.25, 0.3) is 0 Å². The van der Waals surface area contributed by atoms with E-state index in [0.717, 1.165) is 17.6 Å². The average Bonchev–Trinajstić information content (AvgIpc) is 3.84. The number of imidazole rings is 1. The first-order valence-electron chi connectivity index (χ1n) is 17.9. The zero-order valence-electron chi connectivity index (χ0n) is 30.1. The molecular formula is C38H35F3N12O2. The highest BCUT2D eigenvalue weighted by Gasteiger charge is 2.42. The molecule has 4 bridgehead atoms. The Bertz CT molecular complexity index is 2540. The molecule has 280 valence electrons. The molecule has 55 heavy (non-hydrogen) atoms. The number of ether oxygens (including phenoxy) is 1.